The summed E-state index contributed by atoms with van der Waals surface area (Å²) in [6, 6.07) is 65.5. The normalized spacial score (nSPS) is 11.9. The summed E-state index contributed by atoms with van der Waals surface area (Å²) in [4.78, 5) is 5.31. The van der Waals surface area contributed by atoms with Crippen molar-refractivity contribution in [3.8, 4) is 28.5 Å². The molecule has 0 N–H and O–H groups in total. The topological polar surface area (TPSA) is 27.7 Å². The van der Waals surface area contributed by atoms with Gasteiger partial charge in [0.15, 0.2) is 0 Å². The first-order chi connectivity index (χ1) is 25.3. The van der Waals surface area contributed by atoms with E-state index in [0.717, 1.165) is 33.7 Å². The summed E-state index contributed by atoms with van der Waals surface area (Å²) < 4.78 is 7.01. The summed E-state index contributed by atoms with van der Waals surface area (Å²) in [7, 11) is 0. The highest BCUT2D eigenvalue weighted by Gasteiger charge is 2.21. The highest BCUT2D eigenvalue weighted by Crippen LogP contribution is 2.39. The lowest BCUT2D eigenvalue weighted by atomic mass is 10.0. The highest BCUT2D eigenvalue weighted by atomic mass is 15.2. The van der Waals surface area contributed by atoms with Gasteiger partial charge in [-0.25, -0.2) is 4.98 Å². The number of hydrogen-bond donors (Lipinski definition) is 0. The van der Waals surface area contributed by atoms with Gasteiger partial charge in [-0.1, -0.05) is 109 Å². The summed E-state index contributed by atoms with van der Waals surface area (Å²) in [5.41, 5.74) is 11.3. The van der Waals surface area contributed by atoms with Gasteiger partial charge in [0.2, 0.25) is 5.95 Å². The van der Waals surface area contributed by atoms with Crippen molar-refractivity contribution < 1.29 is 0 Å². The van der Waals surface area contributed by atoms with Gasteiger partial charge < -0.3 is 4.57 Å². The number of fused-ring (bicyclic) bond motifs is 8. The molecule has 3 heterocycles. The lowest BCUT2D eigenvalue weighted by molar-refractivity contribution is 0.957. The Kier molecular flexibility index (Phi) is 5.92. The van der Waals surface area contributed by atoms with Crippen LogP contribution < -0.4 is 0 Å². The molecule has 0 amide bonds. The smallest absolute Gasteiger partial charge is 0.220 e. The molecule has 0 spiro atoms. The standard InChI is InChI=1S/C47H30N4/c1-2-14-35(15-3-1)49-42-19-9-6-16-37(42)39-29-33(23-26-44(39)49)34-24-27-45-40(30-34)38-17-7-10-20-43(38)51(45)47-48-41-18-8-11-21-46(41)50(47)36-25-22-31-12-4-5-13-32(31)28-36/h1-30H. The van der Waals surface area contributed by atoms with Gasteiger partial charge in [0, 0.05) is 32.9 Å². The van der Waals surface area contributed by atoms with Crippen molar-refractivity contribution >= 4 is 65.4 Å². The van der Waals surface area contributed by atoms with E-state index < -0.39 is 0 Å². The van der Waals surface area contributed by atoms with Crippen LogP contribution in [0.25, 0.3) is 93.9 Å². The SMILES string of the molecule is c1ccc(-n2c3ccccc3c3cc(-c4ccc5c(c4)c4ccccc4n5-c4nc5ccccc5n4-c4ccc5ccccc5c4)ccc32)cc1. The third kappa shape index (κ3) is 4.17. The fraction of sp³-hybridized carbons (Fsp3) is 0. The van der Waals surface area contributed by atoms with E-state index in [0.29, 0.717) is 0 Å². The zero-order valence-electron chi connectivity index (χ0n) is 27.6. The van der Waals surface area contributed by atoms with Crippen LogP contribution in [-0.4, -0.2) is 18.7 Å². The molecule has 11 aromatic rings. The van der Waals surface area contributed by atoms with Crippen LogP contribution in [0.4, 0.5) is 0 Å². The van der Waals surface area contributed by atoms with Crippen molar-refractivity contribution in [2.75, 3.05) is 0 Å². The summed E-state index contributed by atoms with van der Waals surface area (Å²) in [5.74, 6) is 0.876. The Morgan fingerprint density at radius 1 is 0.314 bits per heavy atom. The molecule has 11 rings (SSSR count). The summed E-state index contributed by atoms with van der Waals surface area (Å²) in [6.07, 6.45) is 0. The second kappa shape index (κ2) is 10.8. The van der Waals surface area contributed by atoms with E-state index in [1.165, 1.54) is 60.2 Å². The van der Waals surface area contributed by atoms with Crippen LogP contribution >= 0.6 is 0 Å². The van der Waals surface area contributed by atoms with Crippen LogP contribution in [0.15, 0.2) is 182 Å². The molecule has 0 unspecified atom stereocenters. The molecule has 4 nitrogen and oxygen atoms in total. The fourth-order valence-corrected chi connectivity index (χ4v) is 8.11. The molecule has 238 valence electrons. The van der Waals surface area contributed by atoms with Crippen LogP contribution in [0.1, 0.15) is 0 Å². The molecule has 0 bridgehead atoms. The molecule has 51 heavy (non-hydrogen) atoms. The highest BCUT2D eigenvalue weighted by molar-refractivity contribution is 6.12. The molecule has 0 saturated heterocycles. The Morgan fingerprint density at radius 3 is 1.59 bits per heavy atom. The first-order valence-corrected chi connectivity index (χ1v) is 17.4. The van der Waals surface area contributed by atoms with Gasteiger partial charge in [-0.2, -0.15) is 0 Å². The van der Waals surface area contributed by atoms with Crippen molar-refractivity contribution in [2.45, 2.75) is 0 Å². The second-order valence-electron chi connectivity index (χ2n) is 13.3. The van der Waals surface area contributed by atoms with Crippen molar-refractivity contribution in [1.82, 2.24) is 18.7 Å². The van der Waals surface area contributed by atoms with E-state index in [1.807, 2.05) is 0 Å². The van der Waals surface area contributed by atoms with Crippen molar-refractivity contribution in [3.05, 3.63) is 182 Å². The first kappa shape index (κ1) is 28.0. The quantitative estimate of drug-likeness (QED) is 0.186. The average Bonchev–Trinajstić information content (AvgIpc) is 3.85. The number of imidazole rings is 1. The number of nitrogens with zero attached hydrogens (tertiary/aromatic N) is 4. The van der Waals surface area contributed by atoms with Gasteiger partial charge in [0.1, 0.15) is 0 Å². The Bertz CT molecular complexity index is 3140. The Morgan fingerprint density at radius 2 is 0.863 bits per heavy atom. The minimum atomic E-state index is 0.876. The van der Waals surface area contributed by atoms with E-state index in [-0.39, 0.29) is 0 Å². The van der Waals surface area contributed by atoms with Crippen LogP contribution in [0.2, 0.25) is 0 Å². The predicted molar refractivity (Wildman–Crippen MR) is 213 cm³/mol. The Balaban J connectivity index is 1.13. The van der Waals surface area contributed by atoms with E-state index in [4.69, 9.17) is 4.98 Å². The zero-order chi connectivity index (χ0) is 33.5. The van der Waals surface area contributed by atoms with Gasteiger partial charge in [-0.15, -0.1) is 0 Å². The lowest BCUT2D eigenvalue weighted by Gasteiger charge is -2.13. The molecule has 0 saturated carbocycles. The maximum atomic E-state index is 5.31. The Hall–Kier alpha value is -6.91. The van der Waals surface area contributed by atoms with Crippen LogP contribution in [0.5, 0.6) is 0 Å². The second-order valence-corrected chi connectivity index (χ2v) is 13.3. The molecule has 0 fully saturated rings. The van der Waals surface area contributed by atoms with Gasteiger partial charge in [-0.05, 0) is 94.7 Å². The van der Waals surface area contributed by atoms with E-state index in [2.05, 4.69) is 196 Å². The largest absolute Gasteiger partial charge is 0.309 e. The minimum Gasteiger partial charge on any atom is -0.309 e. The van der Waals surface area contributed by atoms with Crippen molar-refractivity contribution in [3.63, 3.8) is 0 Å². The number of rotatable bonds is 4. The Labute approximate surface area is 293 Å². The molecule has 0 aliphatic carbocycles. The molecule has 8 aromatic carbocycles. The molecule has 0 aliphatic rings. The molecule has 4 heteroatoms. The molecule has 0 atom stereocenters. The zero-order valence-corrected chi connectivity index (χ0v) is 27.6. The number of para-hydroxylation sites is 5. The maximum absolute atomic E-state index is 5.31. The van der Waals surface area contributed by atoms with Gasteiger partial charge in [0.05, 0.1) is 33.1 Å². The third-order valence-electron chi connectivity index (χ3n) is 10.4. The number of hydrogen-bond acceptors (Lipinski definition) is 1. The molecule has 3 aromatic heterocycles. The summed E-state index contributed by atoms with van der Waals surface area (Å²) in [5, 5.41) is 7.33. The van der Waals surface area contributed by atoms with Crippen LogP contribution in [-0.2, 0) is 0 Å². The number of benzene rings is 8. The summed E-state index contributed by atoms with van der Waals surface area (Å²) >= 11 is 0. The molecular weight excluding hydrogens is 621 g/mol. The molecule has 0 radical (unpaired) electrons. The van der Waals surface area contributed by atoms with Gasteiger partial charge >= 0.3 is 0 Å². The van der Waals surface area contributed by atoms with E-state index in [1.54, 1.807) is 0 Å². The first-order valence-electron chi connectivity index (χ1n) is 17.4. The monoisotopic (exact) mass is 650 g/mol. The van der Waals surface area contributed by atoms with Crippen LogP contribution in [0.3, 0.4) is 0 Å². The fourth-order valence-electron chi connectivity index (χ4n) is 8.11. The van der Waals surface area contributed by atoms with Gasteiger partial charge in [0.25, 0.3) is 0 Å². The van der Waals surface area contributed by atoms with E-state index >= 15 is 0 Å². The lowest BCUT2D eigenvalue weighted by Crippen LogP contribution is -2.05. The molecular formula is C47H30N4. The predicted octanol–water partition coefficient (Wildman–Crippen LogP) is 12.0. The summed E-state index contributed by atoms with van der Waals surface area (Å²) in [6.45, 7) is 0. The minimum absolute atomic E-state index is 0.876. The van der Waals surface area contributed by atoms with Crippen molar-refractivity contribution in [2.24, 2.45) is 0 Å². The van der Waals surface area contributed by atoms with Crippen LogP contribution in [0, 0.1) is 0 Å². The van der Waals surface area contributed by atoms with Crippen molar-refractivity contribution in [1.29, 1.82) is 0 Å². The van der Waals surface area contributed by atoms with Gasteiger partial charge in [-0.3, -0.25) is 9.13 Å². The molecule has 0 aliphatic heterocycles. The average molecular weight is 651 g/mol. The van der Waals surface area contributed by atoms with E-state index in [9.17, 15) is 0 Å². The number of aromatic nitrogens is 4. The maximum Gasteiger partial charge on any atom is 0.220 e. The third-order valence-corrected chi connectivity index (χ3v) is 10.4.